The van der Waals surface area contributed by atoms with Crippen LogP contribution >= 0.6 is 23.1 Å². The van der Waals surface area contributed by atoms with Crippen LogP contribution in [0.5, 0.6) is 0 Å². The molecule has 1 atom stereocenters. The number of aromatic nitrogens is 1. The van der Waals surface area contributed by atoms with Gasteiger partial charge in [0.2, 0.25) is 0 Å². The second-order valence-corrected chi connectivity index (χ2v) is 8.02. The van der Waals surface area contributed by atoms with Crippen molar-refractivity contribution < 1.29 is 0 Å². The van der Waals surface area contributed by atoms with Crippen molar-refractivity contribution in [3.05, 3.63) is 46.4 Å². The van der Waals surface area contributed by atoms with Crippen LogP contribution in [0.4, 0.5) is 0 Å². The third-order valence-electron chi connectivity index (χ3n) is 4.28. The molecule has 6 heteroatoms. The Morgan fingerprint density at radius 3 is 2.96 bits per heavy atom. The van der Waals surface area contributed by atoms with E-state index in [1.165, 1.54) is 21.9 Å². The topological polar surface area (TPSA) is 40.5 Å². The minimum Gasteiger partial charge on any atom is -0.351 e. The van der Waals surface area contributed by atoms with E-state index in [2.05, 4.69) is 57.4 Å². The van der Waals surface area contributed by atoms with Crippen molar-refractivity contribution in [2.75, 3.05) is 25.9 Å². The van der Waals surface area contributed by atoms with Crippen LogP contribution in [0.25, 0.3) is 0 Å². The van der Waals surface area contributed by atoms with Crippen molar-refractivity contribution >= 4 is 29.1 Å². The second kappa shape index (κ2) is 8.53. The van der Waals surface area contributed by atoms with E-state index in [9.17, 15) is 0 Å². The molecule has 1 fully saturated rings. The van der Waals surface area contributed by atoms with Gasteiger partial charge in [-0.05, 0) is 31.4 Å². The van der Waals surface area contributed by atoms with Gasteiger partial charge in [-0.1, -0.05) is 18.2 Å². The van der Waals surface area contributed by atoms with Crippen molar-refractivity contribution in [3.63, 3.8) is 0 Å². The van der Waals surface area contributed by atoms with Crippen LogP contribution in [0.1, 0.15) is 17.0 Å². The molecule has 1 saturated heterocycles. The Morgan fingerprint density at radius 1 is 1.42 bits per heavy atom. The number of benzene rings is 1. The van der Waals surface area contributed by atoms with Gasteiger partial charge in [-0.25, -0.2) is 4.98 Å². The van der Waals surface area contributed by atoms with Gasteiger partial charge >= 0.3 is 0 Å². The lowest BCUT2D eigenvalue weighted by atomic mass is 10.2. The van der Waals surface area contributed by atoms with Crippen LogP contribution in [0.3, 0.4) is 0 Å². The minimum absolute atomic E-state index is 0.721. The molecule has 0 aliphatic carbocycles. The summed E-state index contributed by atoms with van der Waals surface area (Å²) >= 11 is 3.66. The van der Waals surface area contributed by atoms with Crippen molar-refractivity contribution in [2.24, 2.45) is 10.9 Å². The summed E-state index contributed by atoms with van der Waals surface area (Å²) in [7, 11) is 1.87. The maximum Gasteiger partial charge on any atom is 0.193 e. The fourth-order valence-corrected chi connectivity index (χ4v) is 4.65. The maximum absolute atomic E-state index is 4.46. The zero-order valence-electron chi connectivity index (χ0n) is 14.2. The zero-order valence-corrected chi connectivity index (χ0v) is 15.9. The summed E-state index contributed by atoms with van der Waals surface area (Å²) < 4.78 is 0. The van der Waals surface area contributed by atoms with E-state index in [0.29, 0.717) is 0 Å². The van der Waals surface area contributed by atoms with E-state index < -0.39 is 0 Å². The van der Waals surface area contributed by atoms with Crippen LogP contribution in [-0.2, 0) is 6.54 Å². The summed E-state index contributed by atoms with van der Waals surface area (Å²) in [5.74, 6) is 2.90. The number of nitrogens with one attached hydrogen (secondary N) is 1. The molecule has 128 valence electrons. The molecule has 1 unspecified atom stereocenters. The lowest BCUT2D eigenvalue weighted by Crippen LogP contribution is -2.39. The van der Waals surface area contributed by atoms with Crippen molar-refractivity contribution in [1.29, 1.82) is 0 Å². The Labute approximate surface area is 152 Å². The Bertz CT molecular complexity index is 669. The monoisotopic (exact) mass is 360 g/mol. The molecule has 1 aliphatic heterocycles. The molecule has 2 heterocycles. The lowest BCUT2D eigenvalue weighted by Gasteiger charge is -2.21. The Kier molecular flexibility index (Phi) is 6.15. The Morgan fingerprint density at radius 2 is 2.25 bits per heavy atom. The van der Waals surface area contributed by atoms with Crippen LogP contribution in [0.15, 0.2) is 45.7 Å². The van der Waals surface area contributed by atoms with Gasteiger partial charge in [-0.15, -0.1) is 23.1 Å². The molecule has 0 bridgehead atoms. The van der Waals surface area contributed by atoms with Gasteiger partial charge in [0.1, 0.15) is 0 Å². The Balaban J connectivity index is 1.47. The number of thiazole rings is 1. The summed E-state index contributed by atoms with van der Waals surface area (Å²) in [6.45, 7) is 5.04. The van der Waals surface area contributed by atoms with Gasteiger partial charge in [0, 0.05) is 35.7 Å². The van der Waals surface area contributed by atoms with Crippen LogP contribution in [0, 0.1) is 12.8 Å². The van der Waals surface area contributed by atoms with E-state index in [1.807, 2.05) is 24.3 Å². The van der Waals surface area contributed by atoms with Crippen molar-refractivity contribution in [3.8, 4) is 0 Å². The highest BCUT2D eigenvalue weighted by atomic mass is 32.2. The number of rotatable bonds is 5. The fourth-order valence-electron chi connectivity index (χ4n) is 2.88. The van der Waals surface area contributed by atoms with E-state index in [1.54, 1.807) is 11.3 Å². The largest absolute Gasteiger partial charge is 0.351 e. The van der Waals surface area contributed by atoms with Crippen molar-refractivity contribution in [2.45, 2.75) is 24.8 Å². The van der Waals surface area contributed by atoms with Gasteiger partial charge in [0.05, 0.1) is 17.7 Å². The van der Waals surface area contributed by atoms with E-state index in [0.717, 1.165) is 37.2 Å². The number of aliphatic imine (C=N–C) groups is 1. The third-order valence-corrected chi connectivity index (χ3v) is 6.46. The number of hydrogen-bond acceptors (Lipinski definition) is 4. The lowest BCUT2D eigenvalue weighted by molar-refractivity contribution is 0.474. The summed E-state index contributed by atoms with van der Waals surface area (Å²) in [5.41, 5.74) is 3.02. The van der Waals surface area contributed by atoms with E-state index >= 15 is 0 Å². The summed E-state index contributed by atoms with van der Waals surface area (Å²) in [5, 5.41) is 3.49. The molecule has 0 radical (unpaired) electrons. The molecular weight excluding hydrogens is 336 g/mol. The molecule has 1 aliphatic rings. The van der Waals surface area contributed by atoms with E-state index in [4.69, 9.17) is 0 Å². The van der Waals surface area contributed by atoms with Crippen molar-refractivity contribution in [1.82, 2.24) is 15.2 Å². The van der Waals surface area contributed by atoms with E-state index in [-0.39, 0.29) is 0 Å². The predicted molar refractivity (Wildman–Crippen MR) is 104 cm³/mol. The molecule has 1 aromatic heterocycles. The number of nitrogens with zero attached hydrogens (tertiary/aromatic N) is 3. The highest BCUT2D eigenvalue weighted by molar-refractivity contribution is 7.99. The maximum atomic E-state index is 4.46. The minimum atomic E-state index is 0.721. The molecule has 24 heavy (non-hydrogen) atoms. The second-order valence-electron chi connectivity index (χ2n) is 5.99. The van der Waals surface area contributed by atoms with Gasteiger partial charge in [-0.2, -0.15) is 0 Å². The smallest absolute Gasteiger partial charge is 0.193 e. The quantitative estimate of drug-likeness (QED) is 0.502. The number of hydrogen-bond donors (Lipinski definition) is 1. The molecular formula is C18H24N4S2. The normalized spacial score (nSPS) is 18.2. The first-order chi connectivity index (χ1) is 11.8. The highest BCUT2D eigenvalue weighted by Gasteiger charge is 2.25. The van der Waals surface area contributed by atoms with Gasteiger partial charge in [-0.3, -0.25) is 4.99 Å². The molecule has 0 saturated carbocycles. The number of thioether (sulfide) groups is 1. The summed E-state index contributed by atoms with van der Waals surface area (Å²) in [6, 6.07) is 10.7. The number of likely N-dealkylation sites (tertiary alicyclic amines) is 1. The Hall–Kier alpha value is -1.53. The third kappa shape index (κ3) is 4.51. The first kappa shape index (κ1) is 17.3. The zero-order chi connectivity index (χ0) is 16.8. The first-order valence-corrected chi connectivity index (χ1v) is 10.1. The average Bonchev–Trinajstić information content (AvgIpc) is 3.24. The first-order valence-electron chi connectivity index (χ1n) is 8.28. The molecule has 1 aromatic carbocycles. The summed E-state index contributed by atoms with van der Waals surface area (Å²) in [6.07, 6.45) is 1.24. The molecule has 2 aromatic rings. The predicted octanol–water partition coefficient (Wildman–Crippen LogP) is 3.64. The summed E-state index contributed by atoms with van der Waals surface area (Å²) in [4.78, 5) is 13.8. The fraction of sp³-hybridized carbons (Fsp3) is 0.444. The van der Waals surface area contributed by atoms with Gasteiger partial charge in [0.25, 0.3) is 0 Å². The van der Waals surface area contributed by atoms with Crippen LogP contribution in [-0.4, -0.2) is 41.7 Å². The molecule has 0 amide bonds. The van der Waals surface area contributed by atoms with Crippen LogP contribution < -0.4 is 5.32 Å². The van der Waals surface area contributed by atoms with Crippen LogP contribution in [0.2, 0.25) is 0 Å². The standard InChI is InChI=1S/C18H24N4S2/c1-14-17(24-13-21-14)10-20-18(19-2)22-9-8-15(11-22)12-23-16-6-4-3-5-7-16/h3-7,13,15H,8-12H2,1-2H3,(H,19,20). The highest BCUT2D eigenvalue weighted by Crippen LogP contribution is 2.26. The molecule has 4 nitrogen and oxygen atoms in total. The van der Waals surface area contributed by atoms with Gasteiger partial charge < -0.3 is 10.2 Å². The molecule has 0 spiro atoms. The number of aryl methyl sites for hydroxylation is 1. The average molecular weight is 361 g/mol. The molecule has 1 N–H and O–H groups in total. The SMILES string of the molecule is CN=C(NCc1scnc1C)N1CCC(CSc2ccccc2)C1. The number of guanidine groups is 1. The van der Waals surface area contributed by atoms with Gasteiger partial charge in [0.15, 0.2) is 5.96 Å². The molecule has 3 rings (SSSR count).